The van der Waals surface area contributed by atoms with Crippen LogP contribution < -0.4 is 10.5 Å². The van der Waals surface area contributed by atoms with E-state index in [1.165, 1.54) is 13.0 Å². The SMILES string of the molecule is Cc1cc(OCCCC(=N)N)c(F)cc1[N+](=O)[O-]. The molecule has 0 spiro atoms. The molecule has 1 rings (SSSR count). The third-order valence-electron chi connectivity index (χ3n) is 2.30. The number of rotatable bonds is 6. The fourth-order valence-electron chi connectivity index (χ4n) is 1.40. The Kier molecular flexibility index (Phi) is 4.59. The van der Waals surface area contributed by atoms with E-state index in [1.54, 1.807) is 0 Å². The first-order valence-corrected chi connectivity index (χ1v) is 5.32. The van der Waals surface area contributed by atoms with E-state index >= 15 is 0 Å². The Balaban J connectivity index is 2.70. The number of benzene rings is 1. The number of nitro groups is 1. The summed E-state index contributed by atoms with van der Waals surface area (Å²) < 4.78 is 18.6. The molecule has 6 nitrogen and oxygen atoms in total. The Labute approximate surface area is 103 Å². The number of hydrogen-bond donors (Lipinski definition) is 2. The van der Waals surface area contributed by atoms with Crippen LogP contribution in [0.3, 0.4) is 0 Å². The van der Waals surface area contributed by atoms with Crippen molar-refractivity contribution in [3.8, 4) is 5.75 Å². The minimum atomic E-state index is -0.768. The summed E-state index contributed by atoms with van der Waals surface area (Å²) in [6.45, 7) is 1.72. The zero-order chi connectivity index (χ0) is 13.7. The van der Waals surface area contributed by atoms with Gasteiger partial charge in [0.15, 0.2) is 11.6 Å². The van der Waals surface area contributed by atoms with Crippen molar-refractivity contribution in [3.63, 3.8) is 0 Å². The van der Waals surface area contributed by atoms with Crippen LogP contribution in [0.4, 0.5) is 10.1 Å². The van der Waals surface area contributed by atoms with E-state index in [0.717, 1.165) is 6.07 Å². The van der Waals surface area contributed by atoms with Gasteiger partial charge in [-0.3, -0.25) is 15.5 Å². The summed E-state index contributed by atoms with van der Waals surface area (Å²) in [5.41, 5.74) is 5.22. The summed E-state index contributed by atoms with van der Waals surface area (Å²) in [6.07, 6.45) is 0.860. The molecule has 98 valence electrons. The first-order chi connectivity index (χ1) is 8.41. The van der Waals surface area contributed by atoms with Gasteiger partial charge in [0, 0.05) is 12.0 Å². The van der Waals surface area contributed by atoms with Gasteiger partial charge in [0.25, 0.3) is 5.69 Å². The van der Waals surface area contributed by atoms with Gasteiger partial charge in [0.1, 0.15) is 0 Å². The molecular formula is C11H14FN3O3. The topological polar surface area (TPSA) is 102 Å². The predicted molar refractivity (Wildman–Crippen MR) is 64.4 cm³/mol. The molecular weight excluding hydrogens is 241 g/mol. The molecule has 0 saturated carbocycles. The molecule has 7 heteroatoms. The lowest BCUT2D eigenvalue weighted by molar-refractivity contribution is -0.385. The van der Waals surface area contributed by atoms with Gasteiger partial charge in [0.2, 0.25) is 0 Å². The van der Waals surface area contributed by atoms with Crippen molar-refractivity contribution in [2.45, 2.75) is 19.8 Å². The van der Waals surface area contributed by atoms with Gasteiger partial charge >= 0.3 is 0 Å². The van der Waals surface area contributed by atoms with E-state index in [4.69, 9.17) is 15.9 Å². The fraction of sp³-hybridized carbons (Fsp3) is 0.364. The summed E-state index contributed by atoms with van der Waals surface area (Å²) in [5.74, 6) is -0.754. The standard InChI is InChI=1S/C11H14FN3O3/c1-7-5-10(18-4-2-3-11(13)14)8(12)6-9(7)15(16)17/h5-6H,2-4H2,1H3,(H3,13,14). The van der Waals surface area contributed by atoms with Crippen LogP contribution in [0.1, 0.15) is 18.4 Å². The van der Waals surface area contributed by atoms with Crippen molar-refractivity contribution < 1.29 is 14.1 Å². The normalized spacial score (nSPS) is 10.1. The minimum absolute atomic E-state index is 0.0262. The number of ether oxygens (including phenoxy) is 1. The smallest absolute Gasteiger partial charge is 0.275 e. The molecule has 0 aliphatic heterocycles. The highest BCUT2D eigenvalue weighted by molar-refractivity contribution is 5.76. The van der Waals surface area contributed by atoms with Crippen LogP contribution in [0.5, 0.6) is 5.75 Å². The number of hydrogen-bond acceptors (Lipinski definition) is 4. The van der Waals surface area contributed by atoms with E-state index in [-0.39, 0.29) is 23.9 Å². The van der Waals surface area contributed by atoms with Crippen LogP contribution in [0.25, 0.3) is 0 Å². The third-order valence-corrected chi connectivity index (χ3v) is 2.30. The van der Waals surface area contributed by atoms with E-state index in [1.807, 2.05) is 0 Å². The molecule has 0 atom stereocenters. The quantitative estimate of drug-likeness (QED) is 0.267. The second kappa shape index (κ2) is 5.95. The Hall–Kier alpha value is -2.18. The average Bonchev–Trinajstić information content (AvgIpc) is 2.27. The first kappa shape index (κ1) is 13.9. The molecule has 0 bridgehead atoms. The molecule has 0 aromatic heterocycles. The zero-order valence-corrected chi connectivity index (χ0v) is 9.90. The Bertz CT molecular complexity index is 477. The molecule has 0 radical (unpaired) electrons. The highest BCUT2D eigenvalue weighted by Gasteiger charge is 2.16. The Morgan fingerprint density at radius 2 is 2.28 bits per heavy atom. The van der Waals surface area contributed by atoms with Gasteiger partial charge in [0.05, 0.1) is 23.4 Å². The molecule has 0 aliphatic carbocycles. The van der Waals surface area contributed by atoms with Crippen molar-refractivity contribution in [2.24, 2.45) is 5.73 Å². The molecule has 1 aromatic rings. The molecule has 0 amide bonds. The summed E-state index contributed by atoms with van der Waals surface area (Å²) in [7, 11) is 0. The number of amidine groups is 1. The lowest BCUT2D eigenvalue weighted by Gasteiger charge is -2.08. The second-order valence-corrected chi connectivity index (χ2v) is 3.80. The Morgan fingerprint density at radius 1 is 1.61 bits per heavy atom. The third kappa shape index (κ3) is 3.69. The molecule has 18 heavy (non-hydrogen) atoms. The maximum absolute atomic E-state index is 13.5. The molecule has 0 fully saturated rings. The van der Waals surface area contributed by atoms with Crippen molar-refractivity contribution in [2.75, 3.05) is 6.61 Å². The summed E-state index contributed by atoms with van der Waals surface area (Å²) in [5, 5.41) is 17.6. The molecule has 0 heterocycles. The van der Waals surface area contributed by atoms with Crippen molar-refractivity contribution in [1.82, 2.24) is 0 Å². The average molecular weight is 255 g/mol. The lowest BCUT2D eigenvalue weighted by atomic mass is 10.2. The van der Waals surface area contributed by atoms with Crippen LogP contribution >= 0.6 is 0 Å². The fourth-order valence-corrected chi connectivity index (χ4v) is 1.40. The van der Waals surface area contributed by atoms with Gasteiger partial charge in [-0.1, -0.05) is 0 Å². The zero-order valence-electron chi connectivity index (χ0n) is 9.90. The Morgan fingerprint density at radius 3 is 2.83 bits per heavy atom. The number of nitro benzene ring substituents is 1. The van der Waals surface area contributed by atoms with E-state index in [9.17, 15) is 14.5 Å². The number of nitrogens with zero attached hydrogens (tertiary/aromatic N) is 1. The summed E-state index contributed by atoms with van der Waals surface area (Å²) >= 11 is 0. The molecule has 0 unspecified atom stereocenters. The van der Waals surface area contributed by atoms with Crippen molar-refractivity contribution in [1.29, 1.82) is 5.41 Å². The highest BCUT2D eigenvalue weighted by Crippen LogP contribution is 2.27. The molecule has 0 saturated heterocycles. The maximum Gasteiger partial charge on any atom is 0.275 e. The predicted octanol–water partition coefficient (Wildman–Crippen LogP) is 2.14. The van der Waals surface area contributed by atoms with Gasteiger partial charge in [-0.25, -0.2) is 4.39 Å². The minimum Gasteiger partial charge on any atom is -0.490 e. The second-order valence-electron chi connectivity index (χ2n) is 3.80. The van der Waals surface area contributed by atoms with Crippen LogP contribution in [-0.2, 0) is 0 Å². The number of nitrogens with two attached hydrogens (primary N) is 1. The van der Waals surface area contributed by atoms with E-state index < -0.39 is 10.7 Å². The van der Waals surface area contributed by atoms with Gasteiger partial charge in [-0.2, -0.15) is 0 Å². The van der Waals surface area contributed by atoms with Crippen molar-refractivity contribution in [3.05, 3.63) is 33.6 Å². The monoisotopic (exact) mass is 255 g/mol. The largest absolute Gasteiger partial charge is 0.490 e. The highest BCUT2D eigenvalue weighted by atomic mass is 19.1. The lowest BCUT2D eigenvalue weighted by Crippen LogP contribution is -2.11. The number of halogens is 1. The summed E-state index contributed by atoms with van der Waals surface area (Å²) in [6, 6.07) is 2.14. The van der Waals surface area contributed by atoms with Gasteiger partial charge in [-0.05, 0) is 19.4 Å². The molecule has 0 aliphatic rings. The van der Waals surface area contributed by atoms with E-state index in [0.29, 0.717) is 18.4 Å². The molecule has 1 aromatic carbocycles. The molecule has 3 N–H and O–H groups in total. The van der Waals surface area contributed by atoms with Crippen LogP contribution in [0.2, 0.25) is 0 Å². The maximum atomic E-state index is 13.5. The number of nitrogens with one attached hydrogen (secondary N) is 1. The van der Waals surface area contributed by atoms with Gasteiger partial charge in [-0.15, -0.1) is 0 Å². The van der Waals surface area contributed by atoms with E-state index in [2.05, 4.69) is 0 Å². The van der Waals surface area contributed by atoms with Gasteiger partial charge < -0.3 is 10.5 Å². The van der Waals surface area contributed by atoms with Crippen LogP contribution in [0, 0.1) is 28.3 Å². The first-order valence-electron chi connectivity index (χ1n) is 5.32. The number of aryl methyl sites for hydroxylation is 1. The summed E-state index contributed by atoms with van der Waals surface area (Å²) in [4.78, 5) is 9.94. The van der Waals surface area contributed by atoms with Crippen LogP contribution in [-0.4, -0.2) is 17.4 Å². The van der Waals surface area contributed by atoms with Crippen molar-refractivity contribution >= 4 is 11.5 Å². The van der Waals surface area contributed by atoms with Crippen LogP contribution in [0.15, 0.2) is 12.1 Å².